The third kappa shape index (κ3) is 3.97. The van der Waals surface area contributed by atoms with Crippen LogP contribution in [0.5, 0.6) is 5.75 Å². The van der Waals surface area contributed by atoms with Gasteiger partial charge in [0.05, 0.1) is 6.61 Å². The van der Waals surface area contributed by atoms with Crippen molar-refractivity contribution in [2.45, 2.75) is 52.0 Å². The zero-order chi connectivity index (χ0) is 13.7. The van der Waals surface area contributed by atoms with Crippen LogP contribution in [-0.2, 0) is 0 Å². The van der Waals surface area contributed by atoms with Crippen LogP contribution in [0.4, 0.5) is 0 Å². The van der Waals surface area contributed by atoms with Gasteiger partial charge in [0.2, 0.25) is 0 Å². The average molecular weight is 261 g/mol. The smallest absolute Gasteiger partial charge is 0.122 e. The molecular formula is C17H27NO. The molecule has 1 heterocycles. The lowest BCUT2D eigenvalue weighted by Crippen LogP contribution is -2.30. The molecule has 0 fully saturated rings. The van der Waals surface area contributed by atoms with Crippen LogP contribution in [0.25, 0.3) is 0 Å². The summed E-state index contributed by atoms with van der Waals surface area (Å²) in [7, 11) is 0. The van der Waals surface area contributed by atoms with Crippen LogP contribution in [0.15, 0.2) is 24.3 Å². The summed E-state index contributed by atoms with van der Waals surface area (Å²) in [5.74, 6) is 2.44. The Balaban J connectivity index is 1.94. The Bertz CT molecular complexity index is 389. The number of benzene rings is 1. The summed E-state index contributed by atoms with van der Waals surface area (Å²) < 4.78 is 5.80. The van der Waals surface area contributed by atoms with Gasteiger partial charge in [0.25, 0.3) is 0 Å². The molecule has 2 nitrogen and oxygen atoms in total. The number of rotatable bonds is 7. The average Bonchev–Trinajstić information content (AvgIpc) is 2.80. The van der Waals surface area contributed by atoms with Gasteiger partial charge in [-0.25, -0.2) is 0 Å². The van der Waals surface area contributed by atoms with E-state index in [0.717, 1.165) is 24.8 Å². The highest BCUT2D eigenvalue weighted by Crippen LogP contribution is 2.37. The van der Waals surface area contributed by atoms with E-state index < -0.39 is 0 Å². The van der Waals surface area contributed by atoms with Crippen LogP contribution in [-0.4, -0.2) is 19.2 Å². The van der Waals surface area contributed by atoms with Crippen molar-refractivity contribution in [2.75, 3.05) is 13.2 Å². The maximum atomic E-state index is 5.80. The molecule has 0 amide bonds. The van der Waals surface area contributed by atoms with Crippen LogP contribution in [0.2, 0.25) is 0 Å². The first-order valence-electron chi connectivity index (χ1n) is 7.65. The van der Waals surface area contributed by atoms with Crippen LogP contribution >= 0.6 is 0 Å². The van der Waals surface area contributed by atoms with Crippen molar-refractivity contribution in [1.29, 1.82) is 0 Å². The summed E-state index contributed by atoms with van der Waals surface area (Å²) >= 11 is 0. The van der Waals surface area contributed by atoms with Gasteiger partial charge in [-0.2, -0.15) is 0 Å². The Morgan fingerprint density at radius 1 is 1.32 bits per heavy atom. The molecule has 2 rings (SSSR count). The van der Waals surface area contributed by atoms with E-state index in [0.29, 0.717) is 12.0 Å². The van der Waals surface area contributed by atoms with Crippen molar-refractivity contribution in [3.05, 3.63) is 29.8 Å². The lowest BCUT2D eigenvalue weighted by Gasteiger charge is -2.21. The number of hydrogen-bond donors (Lipinski definition) is 1. The van der Waals surface area contributed by atoms with Crippen LogP contribution in [0.1, 0.15) is 51.5 Å². The molecule has 2 unspecified atom stereocenters. The van der Waals surface area contributed by atoms with Crippen molar-refractivity contribution in [1.82, 2.24) is 5.32 Å². The van der Waals surface area contributed by atoms with E-state index in [2.05, 4.69) is 50.4 Å². The maximum Gasteiger partial charge on any atom is 0.122 e. The topological polar surface area (TPSA) is 21.3 Å². The molecule has 0 saturated carbocycles. The maximum absolute atomic E-state index is 5.80. The SMILES string of the molecule is CCCC(CNC(C)C)CC1COc2ccccc21. The summed E-state index contributed by atoms with van der Waals surface area (Å²) in [6, 6.07) is 9.08. The molecule has 1 aromatic carbocycles. The summed E-state index contributed by atoms with van der Waals surface area (Å²) in [6.07, 6.45) is 3.81. The minimum Gasteiger partial charge on any atom is -0.493 e. The Kier molecular flexibility index (Phi) is 5.26. The summed E-state index contributed by atoms with van der Waals surface area (Å²) in [4.78, 5) is 0. The summed E-state index contributed by atoms with van der Waals surface area (Å²) in [6.45, 7) is 8.71. The molecule has 0 aromatic heterocycles. The van der Waals surface area contributed by atoms with Gasteiger partial charge in [-0.05, 0) is 31.4 Å². The third-order valence-corrected chi connectivity index (χ3v) is 3.93. The molecule has 1 N–H and O–H groups in total. The van der Waals surface area contributed by atoms with Gasteiger partial charge in [-0.1, -0.05) is 45.4 Å². The minimum atomic E-state index is 0.575. The number of nitrogens with one attached hydrogen (secondary N) is 1. The highest BCUT2D eigenvalue weighted by atomic mass is 16.5. The highest BCUT2D eigenvalue weighted by molar-refractivity contribution is 5.39. The zero-order valence-corrected chi connectivity index (χ0v) is 12.5. The van der Waals surface area contributed by atoms with Crippen molar-refractivity contribution in [2.24, 2.45) is 5.92 Å². The molecule has 1 aliphatic rings. The second kappa shape index (κ2) is 6.95. The first-order valence-corrected chi connectivity index (χ1v) is 7.65. The molecule has 1 aromatic rings. The third-order valence-electron chi connectivity index (χ3n) is 3.93. The Hall–Kier alpha value is -1.02. The predicted molar refractivity (Wildman–Crippen MR) is 80.8 cm³/mol. The molecule has 0 bridgehead atoms. The van der Waals surface area contributed by atoms with Crippen LogP contribution < -0.4 is 10.1 Å². The first kappa shape index (κ1) is 14.4. The minimum absolute atomic E-state index is 0.575. The van der Waals surface area contributed by atoms with Crippen molar-refractivity contribution < 1.29 is 4.74 Å². The molecule has 0 aliphatic carbocycles. The first-order chi connectivity index (χ1) is 9.20. The van der Waals surface area contributed by atoms with Gasteiger partial charge in [-0.15, -0.1) is 0 Å². The largest absolute Gasteiger partial charge is 0.493 e. The molecule has 106 valence electrons. The van der Waals surface area contributed by atoms with Gasteiger partial charge in [-0.3, -0.25) is 0 Å². The van der Waals surface area contributed by atoms with E-state index >= 15 is 0 Å². The molecule has 2 atom stereocenters. The quantitative estimate of drug-likeness (QED) is 0.802. The van der Waals surface area contributed by atoms with E-state index in [1.54, 1.807) is 0 Å². The van der Waals surface area contributed by atoms with Gasteiger partial charge in [0.1, 0.15) is 5.75 Å². The predicted octanol–water partition coefficient (Wildman–Crippen LogP) is 3.97. The molecular weight excluding hydrogens is 234 g/mol. The lowest BCUT2D eigenvalue weighted by molar-refractivity contribution is 0.294. The number of ether oxygens (including phenoxy) is 1. The molecule has 0 spiro atoms. The van der Waals surface area contributed by atoms with Crippen molar-refractivity contribution in [3.63, 3.8) is 0 Å². The van der Waals surface area contributed by atoms with E-state index in [1.165, 1.54) is 24.8 Å². The van der Waals surface area contributed by atoms with Gasteiger partial charge in [0.15, 0.2) is 0 Å². The fourth-order valence-electron chi connectivity index (χ4n) is 2.94. The Morgan fingerprint density at radius 2 is 2.11 bits per heavy atom. The molecule has 1 aliphatic heterocycles. The van der Waals surface area contributed by atoms with Crippen LogP contribution in [0, 0.1) is 5.92 Å². The second-order valence-corrected chi connectivity index (χ2v) is 6.00. The number of para-hydroxylation sites is 1. The molecule has 0 saturated heterocycles. The normalized spacial score (nSPS) is 19.3. The van der Waals surface area contributed by atoms with Gasteiger partial charge >= 0.3 is 0 Å². The fraction of sp³-hybridized carbons (Fsp3) is 0.647. The van der Waals surface area contributed by atoms with E-state index in [9.17, 15) is 0 Å². The van der Waals surface area contributed by atoms with Gasteiger partial charge in [0, 0.05) is 17.5 Å². The monoisotopic (exact) mass is 261 g/mol. The van der Waals surface area contributed by atoms with E-state index in [1.807, 2.05) is 0 Å². The van der Waals surface area contributed by atoms with Crippen molar-refractivity contribution in [3.8, 4) is 5.75 Å². The second-order valence-electron chi connectivity index (χ2n) is 6.00. The molecule has 2 heteroatoms. The highest BCUT2D eigenvalue weighted by Gasteiger charge is 2.26. The van der Waals surface area contributed by atoms with E-state index in [4.69, 9.17) is 4.74 Å². The molecule has 0 radical (unpaired) electrons. The zero-order valence-electron chi connectivity index (χ0n) is 12.5. The standard InChI is InChI=1S/C17H27NO/c1-4-7-14(11-18-13(2)3)10-15-12-19-17-9-6-5-8-16(15)17/h5-6,8-9,13-15,18H,4,7,10-12H2,1-3H3. The van der Waals surface area contributed by atoms with Crippen LogP contribution in [0.3, 0.4) is 0 Å². The number of hydrogen-bond acceptors (Lipinski definition) is 2. The van der Waals surface area contributed by atoms with E-state index in [-0.39, 0.29) is 0 Å². The molecule has 19 heavy (non-hydrogen) atoms. The number of fused-ring (bicyclic) bond motifs is 1. The fourth-order valence-corrected chi connectivity index (χ4v) is 2.94. The summed E-state index contributed by atoms with van der Waals surface area (Å²) in [5.41, 5.74) is 1.41. The Labute approximate surface area is 117 Å². The lowest BCUT2D eigenvalue weighted by atomic mass is 9.87. The van der Waals surface area contributed by atoms with Crippen molar-refractivity contribution >= 4 is 0 Å². The Morgan fingerprint density at radius 3 is 2.84 bits per heavy atom. The van der Waals surface area contributed by atoms with Gasteiger partial charge < -0.3 is 10.1 Å². The summed E-state index contributed by atoms with van der Waals surface area (Å²) in [5, 5.41) is 3.59.